The van der Waals surface area contributed by atoms with Gasteiger partial charge in [-0.3, -0.25) is 0 Å². The molecule has 0 saturated carbocycles. The molecule has 0 aliphatic heterocycles. The zero-order valence-corrected chi connectivity index (χ0v) is 19.9. The molecule has 0 saturated heterocycles. The average Bonchev–Trinajstić information content (AvgIpc) is 3.34. The molecular weight excluding hydrogens is 452 g/mol. The highest BCUT2D eigenvalue weighted by molar-refractivity contribution is 7.98. The lowest BCUT2D eigenvalue weighted by Gasteiger charge is -2.07. The van der Waals surface area contributed by atoms with Gasteiger partial charge in [-0.1, -0.05) is 103 Å². The van der Waals surface area contributed by atoms with E-state index in [9.17, 15) is 0 Å². The molecule has 5 rings (SSSR count). The fourth-order valence-corrected chi connectivity index (χ4v) is 4.31. The van der Waals surface area contributed by atoms with Crippen molar-refractivity contribution in [3.05, 3.63) is 132 Å². The van der Waals surface area contributed by atoms with Crippen molar-refractivity contribution in [1.82, 2.24) is 14.9 Å². The van der Waals surface area contributed by atoms with Crippen LogP contribution in [-0.2, 0) is 12.4 Å². The molecule has 172 valence electrons. The molecule has 0 spiro atoms. The van der Waals surface area contributed by atoms with Crippen LogP contribution in [0.3, 0.4) is 0 Å². The fourth-order valence-electron chi connectivity index (χ4n) is 3.46. The summed E-state index contributed by atoms with van der Waals surface area (Å²) in [7, 11) is 0. The molecule has 0 aliphatic carbocycles. The van der Waals surface area contributed by atoms with Gasteiger partial charge in [-0.15, -0.1) is 10.2 Å². The van der Waals surface area contributed by atoms with Crippen molar-refractivity contribution < 1.29 is 4.74 Å². The van der Waals surface area contributed by atoms with E-state index in [1.54, 1.807) is 11.8 Å². The van der Waals surface area contributed by atoms with Crippen molar-refractivity contribution in [2.45, 2.75) is 17.5 Å². The molecule has 0 aliphatic rings. The monoisotopic (exact) mass is 476 g/mol. The lowest BCUT2D eigenvalue weighted by Crippen LogP contribution is -1.98. The second-order valence-electron chi connectivity index (χ2n) is 7.85. The van der Waals surface area contributed by atoms with Crippen LogP contribution in [0.1, 0.15) is 16.7 Å². The summed E-state index contributed by atoms with van der Waals surface area (Å²) in [6.07, 6.45) is 1.82. The zero-order valence-electron chi connectivity index (χ0n) is 19.1. The first kappa shape index (κ1) is 22.6. The molecule has 5 aromatic rings. The minimum atomic E-state index is 0.539. The zero-order chi connectivity index (χ0) is 23.7. The third-order valence-corrected chi connectivity index (χ3v) is 6.30. The van der Waals surface area contributed by atoms with Crippen LogP contribution >= 0.6 is 11.8 Å². The van der Waals surface area contributed by atoms with Crippen molar-refractivity contribution in [3.8, 4) is 17.1 Å². The maximum absolute atomic E-state index is 5.89. The van der Waals surface area contributed by atoms with E-state index in [2.05, 4.69) is 34.5 Å². The molecule has 0 fully saturated rings. The van der Waals surface area contributed by atoms with Gasteiger partial charge in [0.15, 0.2) is 5.82 Å². The molecule has 35 heavy (non-hydrogen) atoms. The highest BCUT2D eigenvalue weighted by atomic mass is 32.2. The standard InChI is InChI=1S/C29H24N4OS/c1-4-10-24(11-5-1)21-34-27-18-16-23(17-19-27)20-30-33-28(26-14-8-3-9-15-26)31-32-29(33)35-22-25-12-6-2-7-13-25/h1-20H,21-22H2/b30-20+. The summed E-state index contributed by atoms with van der Waals surface area (Å²) >= 11 is 1.61. The summed E-state index contributed by atoms with van der Waals surface area (Å²) in [5.74, 6) is 2.32. The van der Waals surface area contributed by atoms with E-state index in [0.717, 1.165) is 33.3 Å². The minimum Gasteiger partial charge on any atom is -0.489 e. The Kier molecular flexibility index (Phi) is 7.31. The summed E-state index contributed by atoms with van der Waals surface area (Å²) in [6.45, 7) is 0.539. The van der Waals surface area contributed by atoms with Gasteiger partial charge in [-0.2, -0.15) is 9.78 Å². The van der Waals surface area contributed by atoms with Gasteiger partial charge in [0.05, 0.1) is 6.21 Å². The molecule has 6 heteroatoms. The smallest absolute Gasteiger partial charge is 0.212 e. The number of benzene rings is 4. The molecule has 0 radical (unpaired) electrons. The van der Waals surface area contributed by atoms with Crippen LogP contribution in [0.15, 0.2) is 126 Å². The predicted octanol–water partition coefficient (Wildman–Crippen LogP) is 6.70. The molecule has 0 atom stereocenters. The third kappa shape index (κ3) is 6.05. The first-order chi connectivity index (χ1) is 17.3. The molecule has 1 aromatic heterocycles. The van der Waals surface area contributed by atoms with E-state index < -0.39 is 0 Å². The molecule has 5 nitrogen and oxygen atoms in total. The van der Waals surface area contributed by atoms with Gasteiger partial charge < -0.3 is 4.74 Å². The van der Waals surface area contributed by atoms with Crippen LogP contribution in [0.2, 0.25) is 0 Å². The summed E-state index contributed by atoms with van der Waals surface area (Å²) < 4.78 is 7.70. The van der Waals surface area contributed by atoms with E-state index >= 15 is 0 Å². The second-order valence-corrected chi connectivity index (χ2v) is 8.79. The number of nitrogens with zero attached hydrogens (tertiary/aromatic N) is 4. The van der Waals surface area contributed by atoms with Crippen molar-refractivity contribution in [1.29, 1.82) is 0 Å². The van der Waals surface area contributed by atoms with Crippen molar-refractivity contribution in [2.75, 3.05) is 0 Å². The highest BCUT2D eigenvalue weighted by Gasteiger charge is 2.14. The Hall–Kier alpha value is -4.16. The van der Waals surface area contributed by atoms with Crippen LogP contribution in [0, 0.1) is 0 Å². The molecule has 1 heterocycles. The van der Waals surface area contributed by atoms with Crippen LogP contribution in [-0.4, -0.2) is 21.1 Å². The number of ether oxygens (including phenoxy) is 1. The summed E-state index contributed by atoms with van der Waals surface area (Å²) in [5.41, 5.74) is 4.29. The summed E-state index contributed by atoms with van der Waals surface area (Å²) in [6, 6.07) is 38.4. The van der Waals surface area contributed by atoms with Crippen molar-refractivity contribution in [3.63, 3.8) is 0 Å². The SMILES string of the molecule is C(=N\n1c(SCc2ccccc2)nnc1-c1ccccc1)/c1ccc(OCc2ccccc2)cc1. The number of aromatic nitrogens is 3. The van der Waals surface area contributed by atoms with Crippen LogP contribution < -0.4 is 4.74 Å². The quantitative estimate of drug-likeness (QED) is 0.175. The molecule has 0 amide bonds. The van der Waals surface area contributed by atoms with Gasteiger partial charge in [0.1, 0.15) is 12.4 Å². The van der Waals surface area contributed by atoms with E-state index in [1.165, 1.54) is 5.56 Å². The van der Waals surface area contributed by atoms with E-state index in [-0.39, 0.29) is 0 Å². The summed E-state index contributed by atoms with van der Waals surface area (Å²) in [5, 5.41) is 14.4. The lowest BCUT2D eigenvalue weighted by molar-refractivity contribution is 0.306. The largest absolute Gasteiger partial charge is 0.489 e. The van der Waals surface area contributed by atoms with Crippen molar-refractivity contribution in [2.24, 2.45) is 5.10 Å². The Bertz CT molecular complexity index is 1370. The second kappa shape index (κ2) is 11.3. The van der Waals surface area contributed by atoms with E-state index in [4.69, 9.17) is 9.84 Å². The Morgan fingerprint density at radius 2 is 1.34 bits per heavy atom. The molecule has 4 aromatic carbocycles. The fraction of sp³-hybridized carbons (Fsp3) is 0.0690. The van der Waals surface area contributed by atoms with Crippen LogP contribution in [0.25, 0.3) is 11.4 Å². The van der Waals surface area contributed by atoms with Gasteiger partial charge in [-0.25, -0.2) is 0 Å². The maximum atomic E-state index is 5.89. The third-order valence-electron chi connectivity index (χ3n) is 5.31. The Balaban J connectivity index is 1.33. The topological polar surface area (TPSA) is 52.3 Å². The number of hydrogen-bond acceptors (Lipinski definition) is 5. The highest BCUT2D eigenvalue weighted by Crippen LogP contribution is 2.26. The van der Waals surface area contributed by atoms with Gasteiger partial charge in [0.2, 0.25) is 5.16 Å². The molecule has 0 N–H and O–H groups in total. The normalized spacial score (nSPS) is 11.1. The van der Waals surface area contributed by atoms with Gasteiger partial charge in [0.25, 0.3) is 0 Å². The van der Waals surface area contributed by atoms with E-state index in [1.807, 2.05) is 102 Å². The number of rotatable bonds is 9. The predicted molar refractivity (Wildman–Crippen MR) is 142 cm³/mol. The Morgan fingerprint density at radius 3 is 2.03 bits per heavy atom. The van der Waals surface area contributed by atoms with E-state index in [0.29, 0.717) is 12.4 Å². The van der Waals surface area contributed by atoms with Crippen molar-refractivity contribution >= 4 is 18.0 Å². The van der Waals surface area contributed by atoms with Gasteiger partial charge >= 0.3 is 0 Å². The molecular formula is C29H24N4OS. The number of hydrogen-bond donors (Lipinski definition) is 0. The molecule has 0 bridgehead atoms. The van der Waals surface area contributed by atoms with Gasteiger partial charge in [-0.05, 0) is 41.0 Å². The molecule has 0 unspecified atom stereocenters. The summed E-state index contributed by atoms with van der Waals surface area (Å²) in [4.78, 5) is 0. The van der Waals surface area contributed by atoms with Crippen LogP contribution in [0.5, 0.6) is 5.75 Å². The number of thioether (sulfide) groups is 1. The average molecular weight is 477 g/mol. The maximum Gasteiger partial charge on any atom is 0.212 e. The van der Waals surface area contributed by atoms with Gasteiger partial charge in [0, 0.05) is 11.3 Å². The first-order valence-electron chi connectivity index (χ1n) is 11.3. The Labute approximate surface area is 209 Å². The van der Waals surface area contributed by atoms with Crippen LogP contribution in [0.4, 0.5) is 0 Å². The first-order valence-corrected chi connectivity index (χ1v) is 12.3. The lowest BCUT2D eigenvalue weighted by atomic mass is 10.2. The Morgan fingerprint density at radius 1 is 0.714 bits per heavy atom. The minimum absolute atomic E-state index is 0.539.